The van der Waals surface area contributed by atoms with E-state index in [1.54, 1.807) is 17.4 Å². The predicted molar refractivity (Wildman–Crippen MR) is 137 cm³/mol. The molecule has 9 heteroatoms. The number of amides is 2. The first-order valence-electron chi connectivity index (χ1n) is 11.2. The quantitative estimate of drug-likeness (QED) is 0.313. The molecule has 0 unspecified atom stereocenters. The number of hydrogen-bond donors (Lipinski definition) is 1. The van der Waals surface area contributed by atoms with Crippen molar-refractivity contribution >= 4 is 52.2 Å². The van der Waals surface area contributed by atoms with Crippen molar-refractivity contribution in [2.75, 3.05) is 4.90 Å². The Kier molecular flexibility index (Phi) is 5.87. The Balaban J connectivity index is 1.59. The number of nitrogens with zero attached hydrogens (tertiary/aromatic N) is 3. The number of para-hydroxylation sites is 1. The second kappa shape index (κ2) is 8.87. The fourth-order valence-electron chi connectivity index (χ4n) is 4.74. The van der Waals surface area contributed by atoms with E-state index in [2.05, 4.69) is 11.4 Å². The van der Waals surface area contributed by atoms with Crippen molar-refractivity contribution in [3.05, 3.63) is 74.7 Å². The molecule has 1 aromatic carbocycles. The summed E-state index contributed by atoms with van der Waals surface area (Å²) in [7, 11) is 0. The van der Waals surface area contributed by atoms with Crippen LogP contribution in [0.4, 0.5) is 10.1 Å². The normalized spacial score (nSPS) is 16.9. The highest BCUT2D eigenvalue weighted by molar-refractivity contribution is 7.80. The Labute approximate surface area is 211 Å². The molecule has 1 aliphatic heterocycles. The molecule has 3 aromatic rings. The third kappa shape index (κ3) is 3.79. The second-order valence-electron chi connectivity index (χ2n) is 8.57. The summed E-state index contributed by atoms with van der Waals surface area (Å²) in [5, 5.41) is 13.1. The molecule has 0 bridgehead atoms. The SMILES string of the molecule is Cc1cc(/C=C2/C(=O)NC(=S)N(c3ccccc3F)C2=O)c(C)n1-c1sc2c(c1C#N)CCCC2. The van der Waals surface area contributed by atoms with Crippen LogP contribution in [0.15, 0.2) is 35.9 Å². The minimum Gasteiger partial charge on any atom is -0.308 e. The number of aromatic nitrogens is 1. The smallest absolute Gasteiger partial charge is 0.270 e. The Morgan fingerprint density at radius 2 is 1.94 bits per heavy atom. The van der Waals surface area contributed by atoms with E-state index in [4.69, 9.17) is 12.2 Å². The lowest BCUT2D eigenvalue weighted by molar-refractivity contribution is -0.122. The number of hydrogen-bond acceptors (Lipinski definition) is 5. The Bertz CT molecular complexity index is 1490. The predicted octanol–water partition coefficient (Wildman–Crippen LogP) is 4.88. The number of thiophene rings is 1. The van der Waals surface area contributed by atoms with Gasteiger partial charge in [0.2, 0.25) is 0 Å². The van der Waals surface area contributed by atoms with Gasteiger partial charge in [0.1, 0.15) is 22.5 Å². The summed E-state index contributed by atoms with van der Waals surface area (Å²) in [6.07, 6.45) is 5.59. The summed E-state index contributed by atoms with van der Waals surface area (Å²) in [6, 6.07) is 10.0. The summed E-state index contributed by atoms with van der Waals surface area (Å²) < 4.78 is 16.4. The average molecular weight is 505 g/mol. The minimum absolute atomic E-state index is 0.0262. The summed E-state index contributed by atoms with van der Waals surface area (Å²) in [5.74, 6) is -1.96. The molecule has 2 amide bonds. The first kappa shape index (κ1) is 23.1. The van der Waals surface area contributed by atoms with Crippen molar-refractivity contribution in [2.45, 2.75) is 39.5 Å². The Hall–Kier alpha value is -3.61. The van der Waals surface area contributed by atoms with E-state index in [-0.39, 0.29) is 16.4 Å². The van der Waals surface area contributed by atoms with Crippen LogP contribution < -0.4 is 10.2 Å². The van der Waals surface area contributed by atoms with Crippen LogP contribution >= 0.6 is 23.6 Å². The number of benzene rings is 1. The molecule has 5 rings (SSSR count). The molecule has 1 N–H and O–H groups in total. The largest absolute Gasteiger partial charge is 0.308 e. The summed E-state index contributed by atoms with van der Waals surface area (Å²) >= 11 is 6.81. The molecule has 0 radical (unpaired) electrons. The fraction of sp³-hybridized carbons (Fsp3) is 0.231. The molecule has 3 heterocycles. The van der Waals surface area contributed by atoms with Gasteiger partial charge in [-0.1, -0.05) is 12.1 Å². The molecule has 1 aliphatic carbocycles. The zero-order valence-corrected chi connectivity index (χ0v) is 20.8. The van der Waals surface area contributed by atoms with Gasteiger partial charge in [0.25, 0.3) is 11.8 Å². The minimum atomic E-state index is -0.696. The van der Waals surface area contributed by atoms with Crippen LogP contribution in [0.1, 0.15) is 45.8 Å². The number of nitriles is 1. The van der Waals surface area contributed by atoms with Gasteiger partial charge in [-0.25, -0.2) is 9.29 Å². The van der Waals surface area contributed by atoms with Crippen molar-refractivity contribution in [1.82, 2.24) is 9.88 Å². The monoisotopic (exact) mass is 504 g/mol. The molecule has 176 valence electrons. The topological polar surface area (TPSA) is 78.1 Å². The molecule has 2 aliphatic rings. The van der Waals surface area contributed by atoms with Gasteiger partial charge in [-0.05, 0) is 87.2 Å². The number of rotatable bonds is 3. The molecule has 1 fully saturated rings. The number of nitrogens with one attached hydrogen (secondary N) is 1. The molecular weight excluding hydrogens is 483 g/mol. The Morgan fingerprint density at radius 1 is 1.20 bits per heavy atom. The lowest BCUT2D eigenvalue weighted by Gasteiger charge is -2.29. The van der Waals surface area contributed by atoms with E-state index in [0.29, 0.717) is 11.1 Å². The van der Waals surface area contributed by atoms with Crippen LogP contribution in [0.3, 0.4) is 0 Å². The maximum Gasteiger partial charge on any atom is 0.270 e. The van der Waals surface area contributed by atoms with Gasteiger partial charge in [-0.2, -0.15) is 5.26 Å². The number of fused-ring (bicyclic) bond motifs is 1. The summed E-state index contributed by atoms with van der Waals surface area (Å²) in [5.41, 5.74) is 4.02. The summed E-state index contributed by atoms with van der Waals surface area (Å²) in [4.78, 5) is 28.3. The third-order valence-corrected chi connectivity index (χ3v) is 7.99. The molecule has 0 atom stereocenters. The van der Waals surface area contributed by atoms with Gasteiger partial charge in [-0.3, -0.25) is 14.9 Å². The first-order chi connectivity index (χ1) is 16.8. The second-order valence-corrected chi connectivity index (χ2v) is 10.0. The van der Waals surface area contributed by atoms with E-state index < -0.39 is 17.6 Å². The highest BCUT2D eigenvalue weighted by Crippen LogP contribution is 2.38. The molecule has 6 nitrogen and oxygen atoms in total. The van der Waals surface area contributed by atoms with Gasteiger partial charge in [0, 0.05) is 16.3 Å². The molecule has 1 saturated heterocycles. The van der Waals surface area contributed by atoms with Crippen molar-refractivity contribution in [3.8, 4) is 11.1 Å². The number of carbonyl (C=O) groups is 2. The highest BCUT2D eigenvalue weighted by atomic mass is 32.1. The van der Waals surface area contributed by atoms with Crippen LogP contribution in [0, 0.1) is 31.0 Å². The number of halogens is 1. The molecule has 0 spiro atoms. The van der Waals surface area contributed by atoms with Gasteiger partial charge >= 0.3 is 0 Å². The van der Waals surface area contributed by atoms with Crippen molar-refractivity contribution < 1.29 is 14.0 Å². The number of aryl methyl sites for hydroxylation is 2. The van der Waals surface area contributed by atoms with E-state index in [1.165, 1.54) is 29.2 Å². The molecule has 0 saturated carbocycles. The number of carbonyl (C=O) groups excluding carboxylic acids is 2. The number of anilines is 1. The van der Waals surface area contributed by atoms with Crippen LogP contribution in [0.2, 0.25) is 0 Å². The lowest BCUT2D eigenvalue weighted by atomic mass is 9.96. The van der Waals surface area contributed by atoms with Gasteiger partial charge in [-0.15, -0.1) is 11.3 Å². The third-order valence-electron chi connectivity index (χ3n) is 6.43. The zero-order chi connectivity index (χ0) is 24.9. The first-order valence-corrected chi connectivity index (χ1v) is 12.4. The van der Waals surface area contributed by atoms with Crippen molar-refractivity contribution in [1.29, 1.82) is 5.26 Å². The van der Waals surface area contributed by atoms with Crippen LogP contribution in [0.25, 0.3) is 11.1 Å². The maximum atomic E-state index is 14.4. The van der Waals surface area contributed by atoms with Crippen LogP contribution in [-0.4, -0.2) is 21.5 Å². The van der Waals surface area contributed by atoms with E-state index in [1.807, 2.05) is 24.5 Å². The molecular formula is C26H21FN4O2S2. The molecule has 2 aromatic heterocycles. The van der Waals surface area contributed by atoms with Gasteiger partial charge in [0.05, 0.1) is 11.3 Å². The maximum absolute atomic E-state index is 14.4. The summed E-state index contributed by atoms with van der Waals surface area (Å²) in [6.45, 7) is 3.82. The standard InChI is InChI=1S/C26H21FN4O2S2/c1-14-11-16(15(2)30(14)25-19(13-28)17-7-3-6-10-22(17)35-25)12-18-23(32)29-26(34)31(24(18)33)21-9-5-4-8-20(21)27/h4-5,8-9,11-12H,3,6-7,10H2,1-2H3,(H,29,32,34)/b18-12-. The number of thiocarbonyl (C=S) groups is 1. The van der Waals surface area contributed by atoms with E-state index in [9.17, 15) is 19.2 Å². The van der Waals surface area contributed by atoms with Gasteiger partial charge in [0.15, 0.2) is 5.11 Å². The van der Waals surface area contributed by atoms with Gasteiger partial charge < -0.3 is 4.57 Å². The van der Waals surface area contributed by atoms with Crippen LogP contribution in [0.5, 0.6) is 0 Å². The molecule has 35 heavy (non-hydrogen) atoms. The van der Waals surface area contributed by atoms with Crippen molar-refractivity contribution in [3.63, 3.8) is 0 Å². The fourth-order valence-corrected chi connectivity index (χ4v) is 6.46. The van der Waals surface area contributed by atoms with Crippen molar-refractivity contribution in [2.24, 2.45) is 0 Å². The Morgan fingerprint density at radius 3 is 2.69 bits per heavy atom. The average Bonchev–Trinajstić information content (AvgIpc) is 3.33. The highest BCUT2D eigenvalue weighted by Gasteiger charge is 2.36. The van der Waals surface area contributed by atoms with Crippen LogP contribution in [-0.2, 0) is 22.4 Å². The zero-order valence-electron chi connectivity index (χ0n) is 19.1. The van der Waals surface area contributed by atoms with E-state index >= 15 is 0 Å². The lowest BCUT2D eigenvalue weighted by Crippen LogP contribution is -2.54. The van der Waals surface area contributed by atoms with E-state index in [0.717, 1.165) is 52.5 Å².